The number of alkyl halides is 3. The summed E-state index contributed by atoms with van der Waals surface area (Å²) in [6, 6.07) is 13.3. The van der Waals surface area contributed by atoms with Gasteiger partial charge in [-0.2, -0.15) is 13.2 Å². The van der Waals surface area contributed by atoms with Crippen LogP contribution in [-0.2, 0) is 25.7 Å². The number of carbonyl (C=O) groups excluding carboxylic acids is 1. The average Bonchev–Trinajstić information content (AvgIpc) is 3.39. The molecule has 3 aromatic heterocycles. The zero-order valence-electron chi connectivity index (χ0n) is 21.1. The van der Waals surface area contributed by atoms with Gasteiger partial charge in [-0.05, 0) is 53.6 Å². The number of amides is 1. The van der Waals surface area contributed by atoms with E-state index in [0.717, 1.165) is 38.4 Å². The lowest BCUT2D eigenvalue weighted by atomic mass is 10.1. The molecule has 0 unspecified atom stereocenters. The van der Waals surface area contributed by atoms with E-state index < -0.39 is 29.3 Å². The van der Waals surface area contributed by atoms with Crippen LogP contribution in [0.25, 0.3) is 10.9 Å². The van der Waals surface area contributed by atoms with Crippen molar-refractivity contribution in [1.82, 2.24) is 20.3 Å². The van der Waals surface area contributed by atoms with Crippen molar-refractivity contribution in [3.63, 3.8) is 0 Å². The third-order valence-corrected chi connectivity index (χ3v) is 7.24. The predicted octanol–water partition coefficient (Wildman–Crippen LogP) is 6.10. The molecule has 5 aromatic rings. The maximum absolute atomic E-state index is 13.5. The molecule has 210 valence electrons. The lowest BCUT2D eigenvalue weighted by Gasteiger charge is -2.14. The predicted molar refractivity (Wildman–Crippen MR) is 145 cm³/mol. The van der Waals surface area contributed by atoms with E-state index in [1.165, 1.54) is 23.7 Å². The molecule has 0 spiro atoms. The highest BCUT2D eigenvalue weighted by Crippen LogP contribution is 2.31. The standard InChI is InChI=1S/C28H21F5N6OS/c29-22-5-1-16(9-23(22)30)11-37-27(40)21-10-17(28(31,32)33)12-35-26(21)36-13-19-4-3-18(41-19)7-15-2-6-24-20(8-15)25(34)39-14-38-24/h1-6,8-10,12,14H,7,11,13H2,(H,35,36)(H,37,40)(H2,34,38,39). The van der Waals surface area contributed by atoms with Crippen LogP contribution in [0.3, 0.4) is 0 Å². The fourth-order valence-corrected chi connectivity index (χ4v) is 5.07. The Bertz CT molecular complexity index is 1740. The Balaban J connectivity index is 1.29. The molecular formula is C28H21F5N6OS. The highest BCUT2D eigenvalue weighted by molar-refractivity contribution is 7.12. The number of carbonyl (C=O) groups is 1. The van der Waals surface area contributed by atoms with Crippen LogP contribution in [0, 0.1) is 11.6 Å². The molecule has 1 amide bonds. The zero-order valence-corrected chi connectivity index (χ0v) is 21.9. The summed E-state index contributed by atoms with van der Waals surface area (Å²) in [6.45, 7) is -0.0302. The highest BCUT2D eigenvalue weighted by Gasteiger charge is 2.32. The minimum absolute atomic E-state index is 0.0549. The van der Waals surface area contributed by atoms with Gasteiger partial charge >= 0.3 is 6.18 Å². The van der Waals surface area contributed by atoms with E-state index in [1.807, 2.05) is 30.3 Å². The maximum Gasteiger partial charge on any atom is 0.417 e. The van der Waals surface area contributed by atoms with Gasteiger partial charge in [0.05, 0.1) is 23.2 Å². The summed E-state index contributed by atoms with van der Waals surface area (Å²) < 4.78 is 66.7. The van der Waals surface area contributed by atoms with Crippen molar-refractivity contribution in [2.24, 2.45) is 0 Å². The van der Waals surface area contributed by atoms with Crippen LogP contribution in [0.5, 0.6) is 0 Å². The molecule has 0 saturated carbocycles. The number of nitrogen functional groups attached to an aromatic ring is 1. The van der Waals surface area contributed by atoms with Crippen molar-refractivity contribution < 1.29 is 26.7 Å². The van der Waals surface area contributed by atoms with Gasteiger partial charge in [0, 0.05) is 34.3 Å². The molecule has 0 aliphatic rings. The fourth-order valence-electron chi connectivity index (χ4n) is 4.08. The molecule has 5 rings (SSSR count). The summed E-state index contributed by atoms with van der Waals surface area (Å²) in [6.07, 6.45) is -2.06. The number of aromatic nitrogens is 3. The molecular weight excluding hydrogens is 563 g/mol. The first-order chi connectivity index (χ1) is 19.6. The van der Waals surface area contributed by atoms with Crippen molar-refractivity contribution in [1.29, 1.82) is 0 Å². The lowest BCUT2D eigenvalue weighted by molar-refractivity contribution is -0.137. The number of thiophene rings is 1. The minimum atomic E-state index is -4.72. The van der Waals surface area contributed by atoms with Gasteiger partial charge in [-0.3, -0.25) is 4.79 Å². The van der Waals surface area contributed by atoms with E-state index in [1.54, 1.807) is 0 Å². The SMILES string of the molecule is Nc1ncnc2ccc(Cc3ccc(CNc4ncc(C(F)(F)F)cc4C(=O)NCc4ccc(F)c(F)c4)s3)cc12. The van der Waals surface area contributed by atoms with Crippen LogP contribution in [-0.4, -0.2) is 20.9 Å². The molecule has 0 saturated heterocycles. The monoisotopic (exact) mass is 584 g/mol. The second-order valence-corrected chi connectivity index (χ2v) is 10.3. The van der Waals surface area contributed by atoms with Gasteiger partial charge in [0.25, 0.3) is 5.91 Å². The number of hydrogen-bond acceptors (Lipinski definition) is 7. The van der Waals surface area contributed by atoms with Crippen molar-refractivity contribution in [3.8, 4) is 0 Å². The van der Waals surface area contributed by atoms with E-state index in [0.29, 0.717) is 24.5 Å². The van der Waals surface area contributed by atoms with Crippen molar-refractivity contribution in [2.45, 2.75) is 25.7 Å². The van der Waals surface area contributed by atoms with E-state index in [2.05, 4.69) is 25.6 Å². The number of nitrogens with zero attached hydrogens (tertiary/aromatic N) is 3. The van der Waals surface area contributed by atoms with Gasteiger partial charge in [0.1, 0.15) is 18.0 Å². The van der Waals surface area contributed by atoms with Crippen LogP contribution >= 0.6 is 11.3 Å². The smallest absolute Gasteiger partial charge is 0.383 e. The van der Waals surface area contributed by atoms with Gasteiger partial charge < -0.3 is 16.4 Å². The van der Waals surface area contributed by atoms with Crippen LogP contribution in [0.15, 0.2) is 67.1 Å². The molecule has 4 N–H and O–H groups in total. The Kier molecular flexibility index (Phi) is 7.79. The van der Waals surface area contributed by atoms with Crippen LogP contribution in [0.4, 0.5) is 33.6 Å². The van der Waals surface area contributed by atoms with Gasteiger partial charge in [0.2, 0.25) is 0 Å². The number of benzene rings is 2. The molecule has 7 nitrogen and oxygen atoms in total. The average molecular weight is 585 g/mol. The molecule has 0 atom stereocenters. The van der Waals surface area contributed by atoms with Crippen molar-refractivity contribution in [2.75, 3.05) is 11.1 Å². The first-order valence-electron chi connectivity index (χ1n) is 12.2. The molecule has 2 aromatic carbocycles. The third-order valence-electron chi connectivity index (χ3n) is 6.15. The van der Waals surface area contributed by atoms with E-state index in [4.69, 9.17) is 5.73 Å². The largest absolute Gasteiger partial charge is 0.417 e. The second-order valence-electron chi connectivity index (χ2n) is 9.06. The van der Waals surface area contributed by atoms with Gasteiger partial charge in [0.15, 0.2) is 11.6 Å². The van der Waals surface area contributed by atoms with Gasteiger partial charge in [-0.1, -0.05) is 12.1 Å². The van der Waals surface area contributed by atoms with E-state index in [9.17, 15) is 26.7 Å². The molecule has 3 heterocycles. The number of pyridine rings is 1. The number of fused-ring (bicyclic) bond motifs is 1. The quantitative estimate of drug-likeness (QED) is 0.191. The summed E-state index contributed by atoms with van der Waals surface area (Å²) in [4.78, 5) is 26.8. The Morgan fingerprint density at radius 1 is 0.878 bits per heavy atom. The van der Waals surface area contributed by atoms with E-state index >= 15 is 0 Å². The third kappa shape index (κ3) is 6.57. The number of nitrogens with one attached hydrogen (secondary N) is 2. The van der Waals surface area contributed by atoms with Crippen LogP contribution < -0.4 is 16.4 Å². The molecule has 0 radical (unpaired) electrons. The Morgan fingerprint density at radius 2 is 1.66 bits per heavy atom. The zero-order chi connectivity index (χ0) is 29.1. The lowest BCUT2D eigenvalue weighted by Crippen LogP contribution is -2.25. The minimum Gasteiger partial charge on any atom is -0.383 e. The molecule has 0 aliphatic carbocycles. The van der Waals surface area contributed by atoms with Gasteiger partial charge in [-0.15, -0.1) is 11.3 Å². The summed E-state index contributed by atoms with van der Waals surface area (Å²) in [5.74, 6) is -2.68. The molecule has 0 fully saturated rings. The first-order valence-corrected chi connectivity index (χ1v) is 13.0. The number of hydrogen-bond donors (Lipinski definition) is 3. The number of rotatable bonds is 8. The molecule has 13 heteroatoms. The normalized spacial score (nSPS) is 11.5. The molecule has 41 heavy (non-hydrogen) atoms. The van der Waals surface area contributed by atoms with Crippen molar-refractivity contribution in [3.05, 3.63) is 111 Å². The van der Waals surface area contributed by atoms with Gasteiger partial charge in [-0.25, -0.2) is 23.7 Å². The second kappa shape index (κ2) is 11.5. The summed E-state index contributed by atoms with van der Waals surface area (Å²) in [5.41, 5.74) is 6.51. The number of nitrogens with two attached hydrogens (primary N) is 1. The van der Waals surface area contributed by atoms with E-state index in [-0.39, 0.29) is 30.0 Å². The van der Waals surface area contributed by atoms with Crippen LogP contribution in [0.2, 0.25) is 0 Å². The molecule has 0 aliphatic heterocycles. The number of anilines is 2. The summed E-state index contributed by atoms with van der Waals surface area (Å²) in [5, 5.41) is 6.13. The maximum atomic E-state index is 13.5. The highest BCUT2D eigenvalue weighted by atomic mass is 32.1. The summed E-state index contributed by atoms with van der Waals surface area (Å²) in [7, 11) is 0. The topological polar surface area (TPSA) is 106 Å². The Labute approximate surface area is 234 Å². The molecule has 0 bridgehead atoms. The number of halogens is 5. The Hall–Kier alpha value is -4.65. The van der Waals surface area contributed by atoms with Crippen LogP contribution in [0.1, 0.15) is 36.8 Å². The van der Waals surface area contributed by atoms with Crippen molar-refractivity contribution >= 4 is 39.8 Å². The first kappa shape index (κ1) is 27.9. The fraction of sp³-hybridized carbons (Fsp3) is 0.143. The summed E-state index contributed by atoms with van der Waals surface area (Å²) >= 11 is 1.49. The Morgan fingerprint density at radius 3 is 2.44 bits per heavy atom.